The van der Waals surface area contributed by atoms with Gasteiger partial charge in [0.05, 0.1) is 12.2 Å². The molecule has 0 atom stereocenters. The van der Waals surface area contributed by atoms with Crippen molar-refractivity contribution in [3.05, 3.63) is 41.9 Å². The van der Waals surface area contributed by atoms with Gasteiger partial charge in [0, 0.05) is 77.7 Å². The first-order valence-electron chi connectivity index (χ1n) is 11.8. The van der Waals surface area contributed by atoms with Gasteiger partial charge >= 0.3 is 0 Å². The number of nitrogens with one attached hydrogen (secondary N) is 1. The highest BCUT2D eigenvalue weighted by Crippen LogP contribution is 2.16. The summed E-state index contributed by atoms with van der Waals surface area (Å²) in [6, 6.07) is 6.21. The van der Waals surface area contributed by atoms with Crippen molar-refractivity contribution < 1.29 is 4.52 Å². The molecule has 2 aromatic rings. The van der Waals surface area contributed by atoms with E-state index >= 15 is 0 Å². The Morgan fingerprint density at radius 3 is 2.45 bits per heavy atom. The van der Waals surface area contributed by atoms with E-state index in [0.717, 1.165) is 89.5 Å². The van der Waals surface area contributed by atoms with Crippen LogP contribution in [0.25, 0.3) is 0 Å². The lowest BCUT2D eigenvalue weighted by Crippen LogP contribution is -2.52. The van der Waals surface area contributed by atoms with Crippen molar-refractivity contribution in [1.82, 2.24) is 30.2 Å². The van der Waals surface area contributed by atoms with E-state index in [-0.39, 0.29) is 24.0 Å². The highest BCUT2D eigenvalue weighted by atomic mass is 127. The predicted octanol–water partition coefficient (Wildman–Crippen LogP) is 2.11. The third kappa shape index (κ3) is 7.28. The lowest BCUT2D eigenvalue weighted by molar-refractivity contribution is 0.169. The van der Waals surface area contributed by atoms with Crippen molar-refractivity contribution in [3.8, 4) is 0 Å². The van der Waals surface area contributed by atoms with Crippen LogP contribution in [0.3, 0.4) is 0 Å². The number of nitrogens with zero attached hydrogens (tertiary/aromatic N) is 7. The minimum absolute atomic E-state index is 0. The third-order valence-electron chi connectivity index (χ3n) is 6.25. The average molecular weight is 569 g/mol. The van der Waals surface area contributed by atoms with Crippen LogP contribution in [-0.2, 0) is 13.1 Å². The fraction of sp³-hybridized carbons (Fsp3) is 0.609. The molecule has 2 aliphatic heterocycles. The zero-order valence-electron chi connectivity index (χ0n) is 19.8. The number of likely N-dealkylation sites (N-methyl/N-ethyl adjacent to an activating group) is 1. The number of guanidine groups is 1. The first kappa shape index (κ1) is 25.7. The van der Waals surface area contributed by atoms with Gasteiger partial charge in [-0.15, -0.1) is 24.0 Å². The summed E-state index contributed by atoms with van der Waals surface area (Å²) in [5.41, 5.74) is 2.19. The van der Waals surface area contributed by atoms with Crippen LogP contribution in [-0.4, -0.2) is 96.2 Å². The molecule has 0 bridgehead atoms. The van der Waals surface area contributed by atoms with Crippen LogP contribution in [0.2, 0.25) is 0 Å². The summed E-state index contributed by atoms with van der Waals surface area (Å²) in [5, 5.41) is 7.50. The maximum Gasteiger partial charge on any atom is 0.194 e. The lowest BCUT2D eigenvalue weighted by Gasteiger charge is -2.36. The Kier molecular flexibility index (Phi) is 10.2. The lowest BCUT2D eigenvalue weighted by atomic mass is 10.2. The number of piperazine rings is 2. The highest BCUT2D eigenvalue weighted by molar-refractivity contribution is 14.0. The Bertz CT molecular complexity index is 846. The number of hydrogen-bond acceptors (Lipinski definition) is 7. The van der Waals surface area contributed by atoms with E-state index < -0.39 is 0 Å². The molecule has 33 heavy (non-hydrogen) atoms. The summed E-state index contributed by atoms with van der Waals surface area (Å²) >= 11 is 0. The topological polar surface area (TPSA) is 76.3 Å². The second-order valence-corrected chi connectivity index (χ2v) is 8.37. The van der Waals surface area contributed by atoms with Crippen molar-refractivity contribution >= 4 is 35.8 Å². The van der Waals surface area contributed by atoms with Gasteiger partial charge in [-0.2, -0.15) is 0 Å². The summed E-state index contributed by atoms with van der Waals surface area (Å²) in [7, 11) is 0. The number of aliphatic imine (C=N–C) groups is 1. The molecular formula is C23H37IN8O. The largest absolute Gasteiger partial charge is 0.364 e. The Morgan fingerprint density at radius 1 is 1.03 bits per heavy atom. The molecular weight excluding hydrogens is 531 g/mol. The monoisotopic (exact) mass is 568 g/mol. The molecule has 4 rings (SSSR count). The second kappa shape index (κ2) is 13.1. The van der Waals surface area contributed by atoms with Crippen LogP contribution >= 0.6 is 24.0 Å². The predicted molar refractivity (Wildman–Crippen MR) is 142 cm³/mol. The van der Waals surface area contributed by atoms with Gasteiger partial charge in [-0.3, -0.25) is 4.90 Å². The molecule has 182 valence electrons. The van der Waals surface area contributed by atoms with Crippen molar-refractivity contribution in [3.63, 3.8) is 0 Å². The first-order valence-corrected chi connectivity index (χ1v) is 11.8. The molecule has 4 heterocycles. The van der Waals surface area contributed by atoms with Crippen molar-refractivity contribution in [2.45, 2.75) is 26.9 Å². The van der Waals surface area contributed by atoms with Crippen LogP contribution in [0.5, 0.6) is 0 Å². The Morgan fingerprint density at radius 2 is 1.79 bits per heavy atom. The summed E-state index contributed by atoms with van der Waals surface area (Å²) < 4.78 is 4.95. The van der Waals surface area contributed by atoms with Crippen LogP contribution < -0.4 is 10.2 Å². The normalized spacial score (nSPS) is 18.3. The highest BCUT2D eigenvalue weighted by Gasteiger charge is 2.20. The van der Waals surface area contributed by atoms with Gasteiger partial charge in [-0.25, -0.2) is 9.98 Å². The third-order valence-corrected chi connectivity index (χ3v) is 6.25. The van der Waals surface area contributed by atoms with Gasteiger partial charge in [0.2, 0.25) is 0 Å². The van der Waals surface area contributed by atoms with Crippen LogP contribution in [0.1, 0.15) is 25.1 Å². The number of hydrogen-bond donors (Lipinski definition) is 1. The Labute approximate surface area is 214 Å². The number of aromatic nitrogens is 2. The summed E-state index contributed by atoms with van der Waals surface area (Å²) in [4.78, 5) is 19.2. The molecule has 0 unspecified atom stereocenters. The standard InChI is InChI=1S/C23H36N8O.HI/c1-3-24-23(31-14-10-29(11-15-31)19-21-6-16-32-27-21)26-18-20-5-7-25-22(17-20)30-12-8-28(4-2)9-13-30;/h5-7,16-17H,3-4,8-15,18-19H2,1-2H3,(H,24,26);1H. The van der Waals surface area contributed by atoms with E-state index in [9.17, 15) is 0 Å². The maximum absolute atomic E-state index is 4.95. The molecule has 1 N–H and O–H groups in total. The summed E-state index contributed by atoms with van der Waals surface area (Å²) in [6.07, 6.45) is 3.55. The van der Waals surface area contributed by atoms with Gasteiger partial charge in [0.15, 0.2) is 5.96 Å². The quantitative estimate of drug-likeness (QED) is 0.310. The number of pyridine rings is 1. The molecule has 0 saturated carbocycles. The average Bonchev–Trinajstić information content (AvgIpc) is 3.36. The van der Waals surface area contributed by atoms with Gasteiger partial charge in [0.25, 0.3) is 0 Å². The zero-order chi connectivity index (χ0) is 22.2. The number of anilines is 1. The van der Waals surface area contributed by atoms with E-state index in [1.165, 1.54) is 5.56 Å². The number of rotatable bonds is 7. The minimum atomic E-state index is 0. The molecule has 9 nitrogen and oxygen atoms in total. The van der Waals surface area contributed by atoms with E-state index in [4.69, 9.17) is 9.52 Å². The van der Waals surface area contributed by atoms with Crippen LogP contribution in [0.15, 0.2) is 40.2 Å². The van der Waals surface area contributed by atoms with Crippen molar-refractivity contribution in [1.29, 1.82) is 0 Å². The molecule has 2 saturated heterocycles. The van der Waals surface area contributed by atoms with Crippen molar-refractivity contribution in [2.24, 2.45) is 4.99 Å². The molecule has 2 aromatic heterocycles. The summed E-state index contributed by atoms with van der Waals surface area (Å²) in [6.45, 7) is 16.0. The minimum Gasteiger partial charge on any atom is -0.364 e. The van der Waals surface area contributed by atoms with E-state index in [1.54, 1.807) is 6.26 Å². The smallest absolute Gasteiger partial charge is 0.194 e. The van der Waals surface area contributed by atoms with E-state index in [0.29, 0.717) is 6.54 Å². The molecule has 0 radical (unpaired) electrons. The van der Waals surface area contributed by atoms with Gasteiger partial charge in [-0.05, 0) is 31.2 Å². The maximum atomic E-state index is 4.95. The fourth-order valence-electron chi connectivity index (χ4n) is 4.28. The molecule has 0 spiro atoms. The Balaban J connectivity index is 0.00000306. The molecule has 10 heteroatoms. The van der Waals surface area contributed by atoms with Crippen molar-refractivity contribution in [2.75, 3.05) is 70.3 Å². The van der Waals surface area contributed by atoms with Crippen LogP contribution in [0, 0.1) is 0 Å². The number of halogens is 1. The van der Waals surface area contributed by atoms with Gasteiger partial charge in [-0.1, -0.05) is 12.1 Å². The molecule has 0 aromatic carbocycles. The van der Waals surface area contributed by atoms with Gasteiger partial charge in [0.1, 0.15) is 12.1 Å². The second-order valence-electron chi connectivity index (χ2n) is 8.37. The zero-order valence-corrected chi connectivity index (χ0v) is 22.1. The molecule has 0 amide bonds. The first-order chi connectivity index (χ1) is 15.7. The molecule has 2 fully saturated rings. The summed E-state index contributed by atoms with van der Waals surface area (Å²) in [5.74, 6) is 2.06. The fourth-order valence-corrected chi connectivity index (χ4v) is 4.28. The SMILES string of the molecule is CCNC(=NCc1ccnc(N2CCN(CC)CC2)c1)N1CCN(Cc2ccon2)CC1.I. The van der Waals surface area contributed by atoms with Gasteiger partial charge < -0.3 is 24.5 Å². The Hall–Kier alpha value is -1.92. The molecule has 0 aliphatic carbocycles. The van der Waals surface area contributed by atoms with E-state index in [2.05, 4.69) is 61.0 Å². The molecule has 2 aliphatic rings. The van der Waals surface area contributed by atoms with E-state index in [1.807, 2.05) is 12.3 Å². The van der Waals surface area contributed by atoms with Crippen LogP contribution in [0.4, 0.5) is 5.82 Å².